The van der Waals surface area contributed by atoms with Crippen LogP contribution < -0.4 is 15.0 Å². The van der Waals surface area contributed by atoms with Crippen molar-refractivity contribution in [2.24, 2.45) is 0 Å². The fraction of sp³-hybridized carbons (Fsp3) is 0.280. The molecule has 1 aliphatic rings. The molecular weight excluding hydrogens is 472 g/mol. The van der Waals surface area contributed by atoms with Gasteiger partial charge in [0.05, 0.1) is 0 Å². The number of carbonyl (C=O) groups excluding carboxylic acids is 1. The van der Waals surface area contributed by atoms with Gasteiger partial charge in [-0.25, -0.2) is 4.79 Å². The first kappa shape index (κ1) is 22.7. The molecule has 0 bridgehead atoms. The Morgan fingerprint density at radius 1 is 1.18 bits per heavy atom. The van der Waals surface area contributed by atoms with Gasteiger partial charge in [-0.15, -0.1) is 0 Å². The first-order chi connectivity index (χ1) is 16.4. The smallest absolute Gasteiger partial charge is 0.417 e. The number of ether oxygens (including phenoxy) is 1. The van der Waals surface area contributed by atoms with E-state index in [2.05, 4.69) is 27.1 Å². The predicted octanol–water partition coefficient (Wildman–Crippen LogP) is 6.35. The molecule has 0 radical (unpaired) electrons. The van der Waals surface area contributed by atoms with Gasteiger partial charge in [0.15, 0.2) is 10.6 Å². The predicted molar refractivity (Wildman–Crippen MR) is 137 cm³/mol. The molecule has 0 unspecified atom stereocenters. The Labute approximate surface area is 206 Å². The maximum atomic E-state index is 12.5. The first-order valence-corrected chi connectivity index (χ1v) is 12.3. The Morgan fingerprint density at radius 2 is 1.94 bits per heavy atom. The van der Waals surface area contributed by atoms with Gasteiger partial charge in [-0.3, -0.25) is 5.32 Å². The van der Waals surface area contributed by atoms with Crippen molar-refractivity contribution in [2.75, 3.05) is 37.4 Å². The van der Waals surface area contributed by atoms with Crippen molar-refractivity contribution in [3.8, 4) is 15.5 Å². The average Bonchev–Trinajstić information content (AvgIpc) is 3.46. The molecule has 5 rings (SSSR count). The number of piperidine rings is 1. The summed E-state index contributed by atoms with van der Waals surface area (Å²) in [4.78, 5) is 22.5. The maximum Gasteiger partial charge on any atom is 0.417 e. The van der Waals surface area contributed by atoms with Crippen molar-refractivity contribution in [1.29, 1.82) is 0 Å². The standard InChI is InChI=1S/C25H25ClN4O3S/c1-29-13-11-19(12-14-29)30(2)24-28-20-15-18(7-8-21(20)32-24)27-25(31)33-23-10-9-22(34-23)16-3-5-17(26)6-4-16/h3-10,15,19H,11-14H2,1-2H3,(H,27,31). The van der Waals surface area contributed by atoms with E-state index in [1.807, 2.05) is 43.4 Å². The van der Waals surface area contributed by atoms with E-state index in [-0.39, 0.29) is 0 Å². The zero-order chi connectivity index (χ0) is 23.7. The minimum Gasteiger partial charge on any atom is -0.423 e. The van der Waals surface area contributed by atoms with E-state index in [0.29, 0.717) is 38.9 Å². The van der Waals surface area contributed by atoms with Gasteiger partial charge in [-0.2, -0.15) is 4.98 Å². The van der Waals surface area contributed by atoms with Crippen LogP contribution in [-0.2, 0) is 0 Å². The van der Waals surface area contributed by atoms with Crippen LogP contribution in [0.25, 0.3) is 21.5 Å². The number of aromatic nitrogens is 1. The monoisotopic (exact) mass is 496 g/mol. The second kappa shape index (κ2) is 9.66. The van der Waals surface area contributed by atoms with Crippen LogP contribution in [0.5, 0.6) is 5.06 Å². The number of benzene rings is 2. The van der Waals surface area contributed by atoms with Crippen LogP contribution >= 0.6 is 22.9 Å². The molecule has 7 nitrogen and oxygen atoms in total. The normalized spacial score (nSPS) is 14.9. The summed E-state index contributed by atoms with van der Waals surface area (Å²) in [7, 11) is 4.17. The van der Waals surface area contributed by atoms with Gasteiger partial charge in [0.1, 0.15) is 5.52 Å². The molecule has 34 heavy (non-hydrogen) atoms. The first-order valence-electron chi connectivity index (χ1n) is 11.1. The van der Waals surface area contributed by atoms with Crippen LogP contribution in [0, 0.1) is 0 Å². The second-order valence-corrected chi connectivity index (χ2v) is 9.95. The molecule has 0 saturated carbocycles. The fourth-order valence-corrected chi connectivity index (χ4v) is 5.05. The number of hydrogen-bond donors (Lipinski definition) is 1. The summed E-state index contributed by atoms with van der Waals surface area (Å²) in [5.41, 5.74) is 2.98. The average molecular weight is 497 g/mol. The van der Waals surface area contributed by atoms with Crippen molar-refractivity contribution < 1.29 is 13.9 Å². The number of fused-ring (bicyclic) bond motifs is 1. The number of anilines is 2. The summed E-state index contributed by atoms with van der Waals surface area (Å²) in [5, 5.41) is 3.96. The molecule has 1 fully saturated rings. The van der Waals surface area contributed by atoms with Gasteiger partial charge < -0.3 is 19.0 Å². The molecule has 1 aliphatic heterocycles. The van der Waals surface area contributed by atoms with E-state index in [4.69, 9.17) is 20.8 Å². The van der Waals surface area contributed by atoms with Crippen molar-refractivity contribution in [2.45, 2.75) is 18.9 Å². The van der Waals surface area contributed by atoms with Gasteiger partial charge >= 0.3 is 6.09 Å². The fourth-order valence-electron chi connectivity index (χ4n) is 4.06. The Kier molecular flexibility index (Phi) is 6.45. The summed E-state index contributed by atoms with van der Waals surface area (Å²) < 4.78 is 11.4. The summed E-state index contributed by atoms with van der Waals surface area (Å²) in [5.74, 6) is 0. The lowest BCUT2D eigenvalue weighted by Crippen LogP contribution is -2.42. The Balaban J connectivity index is 1.23. The summed E-state index contributed by atoms with van der Waals surface area (Å²) in [6, 6.07) is 17.6. The number of thiophene rings is 1. The number of carbonyl (C=O) groups is 1. The zero-order valence-corrected chi connectivity index (χ0v) is 20.5. The van der Waals surface area contributed by atoms with Gasteiger partial charge in [0.2, 0.25) is 0 Å². The lowest BCUT2D eigenvalue weighted by Gasteiger charge is -2.34. The molecule has 2 aromatic heterocycles. The van der Waals surface area contributed by atoms with Gasteiger partial charge in [-0.1, -0.05) is 35.1 Å². The SMILES string of the molecule is CN1CCC(N(C)c2nc3cc(NC(=O)Oc4ccc(-c5ccc(Cl)cc5)s4)ccc3o2)CC1. The third-order valence-corrected chi connectivity index (χ3v) is 7.33. The number of nitrogens with one attached hydrogen (secondary N) is 1. The van der Waals surface area contributed by atoms with Crippen LogP contribution in [0.3, 0.4) is 0 Å². The summed E-state index contributed by atoms with van der Waals surface area (Å²) in [6.07, 6.45) is 1.59. The zero-order valence-electron chi connectivity index (χ0n) is 19.0. The topological polar surface area (TPSA) is 70.8 Å². The molecule has 3 heterocycles. The van der Waals surface area contributed by atoms with E-state index in [0.717, 1.165) is 36.4 Å². The van der Waals surface area contributed by atoms with Gasteiger partial charge in [0, 0.05) is 28.7 Å². The molecule has 9 heteroatoms. The number of amides is 1. The van der Waals surface area contributed by atoms with E-state index in [1.165, 1.54) is 11.3 Å². The molecular formula is C25H25ClN4O3S. The Morgan fingerprint density at radius 3 is 2.71 bits per heavy atom. The molecule has 176 valence electrons. The minimum absolute atomic E-state index is 0.403. The highest BCUT2D eigenvalue weighted by Crippen LogP contribution is 2.34. The summed E-state index contributed by atoms with van der Waals surface area (Å²) in [6.45, 7) is 2.13. The van der Waals surface area contributed by atoms with Gasteiger partial charge in [-0.05, 0) is 81.0 Å². The lowest BCUT2D eigenvalue weighted by molar-refractivity contribution is 0.216. The molecule has 0 aliphatic carbocycles. The molecule has 0 atom stereocenters. The van der Waals surface area contributed by atoms with E-state index >= 15 is 0 Å². The summed E-state index contributed by atoms with van der Waals surface area (Å²) >= 11 is 7.35. The Hall–Kier alpha value is -3.07. The second-order valence-electron chi connectivity index (χ2n) is 8.46. The van der Waals surface area contributed by atoms with Crippen LogP contribution in [0.2, 0.25) is 5.02 Å². The third kappa shape index (κ3) is 5.04. The largest absolute Gasteiger partial charge is 0.423 e. The van der Waals surface area contributed by atoms with Crippen molar-refractivity contribution in [3.05, 3.63) is 59.6 Å². The Bertz CT molecular complexity index is 1300. The van der Waals surface area contributed by atoms with Gasteiger partial charge in [0.25, 0.3) is 6.01 Å². The number of oxazole rings is 1. The highest BCUT2D eigenvalue weighted by molar-refractivity contribution is 7.17. The maximum absolute atomic E-state index is 12.5. The van der Waals surface area contributed by atoms with E-state index in [1.54, 1.807) is 18.2 Å². The molecule has 4 aromatic rings. The van der Waals surface area contributed by atoms with E-state index < -0.39 is 6.09 Å². The molecule has 2 aromatic carbocycles. The van der Waals surface area contributed by atoms with Crippen LogP contribution in [-0.4, -0.2) is 49.2 Å². The lowest BCUT2D eigenvalue weighted by atomic mass is 10.0. The molecule has 1 amide bonds. The van der Waals surface area contributed by atoms with Crippen molar-refractivity contribution in [3.63, 3.8) is 0 Å². The highest BCUT2D eigenvalue weighted by atomic mass is 35.5. The number of nitrogens with zero attached hydrogens (tertiary/aromatic N) is 3. The number of hydrogen-bond acceptors (Lipinski definition) is 7. The number of rotatable bonds is 5. The molecule has 1 N–H and O–H groups in total. The minimum atomic E-state index is -0.559. The van der Waals surface area contributed by atoms with Crippen LogP contribution in [0.1, 0.15) is 12.8 Å². The molecule has 1 saturated heterocycles. The molecule has 0 spiro atoms. The number of halogens is 1. The van der Waals surface area contributed by atoms with Crippen molar-refractivity contribution in [1.82, 2.24) is 9.88 Å². The number of likely N-dealkylation sites (tertiary alicyclic amines) is 1. The quantitative estimate of drug-likeness (QED) is 0.347. The van der Waals surface area contributed by atoms with Crippen LogP contribution in [0.15, 0.2) is 59.0 Å². The third-order valence-electron chi connectivity index (χ3n) is 6.06. The highest BCUT2D eigenvalue weighted by Gasteiger charge is 2.24. The van der Waals surface area contributed by atoms with Crippen LogP contribution in [0.4, 0.5) is 16.5 Å². The van der Waals surface area contributed by atoms with Crippen molar-refractivity contribution >= 4 is 51.8 Å². The van der Waals surface area contributed by atoms with E-state index in [9.17, 15) is 4.79 Å².